The first-order valence-electron chi connectivity index (χ1n) is 6.75. The van der Waals surface area contributed by atoms with Gasteiger partial charge in [-0.15, -0.1) is 0 Å². The van der Waals surface area contributed by atoms with Gasteiger partial charge in [-0.3, -0.25) is 4.90 Å². The summed E-state index contributed by atoms with van der Waals surface area (Å²) in [6.45, 7) is 3.84. The summed E-state index contributed by atoms with van der Waals surface area (Å²) < 4.78 is 5.42. The van der Waals surface area contributed by atoms with E-state index in [0.29, 0.717) is 0 Å². The molecule has 0 saturated carbocycles. The van der Waals surface area contributed by atoms with E-state index in [1.807, 2.05) is 18.2 Å². The monoisotopic (exact) mass is 270 g/mol. The molecule has 0 aromatic heterocycles. The summed E-state index contributed by atoms with van der Waals surface area (Å²) in [5, 5.41) is 0. The standard InChI is InChI=1S/C17H22N2O/c1-13-4-9-17(20-3)15(10-13)12-19(2)11-14-5-7-16(18)8-6-14/h4-10H,11-12,18H2,1-3H3. The van der Waals surface area contributed by atoms with Gasteiger partial charge in [0.15, 0.2) is 0 Å². The first-order chi connectivity index (χ1) is 9.58. The molecule has 0 amide bonds. The minimum Gasteiger partial charge on any atom is -0.496 e. The molecule has 0 unspecified atom stereocenters. The molecule has 0 heterocycles. The number of aryl methyl sites for hydroxylation is 1. The molecule has 0 aliphatic heterocycles. The fourth-order valence-corrected chi connectivity index (χ4v) is 2.31. The lowest BCUT2D eigenvalue weighted by Gasteiger charge is -2.19. The Kier molecular flexibility index (Phi) is 4.64. The molecule has 106 valence electrons. The van der Waals surface area contributed by atoms with E-state index in [2.05, 4.69) is 43.1 Å². The highest BCUT2D eigenvalue weighted by Crippen LogP contribution is 2.21. The summed E-state index contributed by atoms with van der Waals surface area (Å²) in [7, 11) is 3.83. The number of hydrogen-bond donors (Lipinski definition) is 1. The van der Waals surface area contributed by atoms with Crippen LogP contribution < -0.4 is 10.5 Å². The maximum Gasteiger partial charge on any atom is 0.123 e. The third kappa shape index (κ3) is 3.75. The van der Waals surface area contributed by atoms with E-state index < -0.39 is 0 Å². The lowest BCUT2D eigenvalue weighted by atomic mass is 10.1. The molecule has 0 aliphatic carbocycles. The molecule has 0 atom stereocenters. The second-order valence-corrected chi connectivity index (χ2v) is 5.23. The van der Waals surface area contributed by atoms with Crippen molar-refractivity contribution in [3.63, 3.8) is 0 Å². The van der Waals surface area contributed by atoms with Gasteiger partial charge in [0.2, 0.25) is 0 Å². The summed E-state index contributed by atoms with van der Waals surface area (Å²) in [5.74, 6) is 0.944. The van der Waals surface area contributed by atoms with Crippen LogP contribution in [0.3, 0.4) is 0 Å². The maximum atomic E-state index is 5.71. The number of ether oxygens (including phenoxy) is 1. The Bertz CT molecular complexity index is 564. The van der Waals surface area contributed by atoms with Crippen LogP contribution in [0.4, 0.5) is 5.69 Å². The van der Waals surface area contributed by atoms with E-state index in [9.17, 15) is 0 Å². The lowest BCUT2D eigenvalue weighted by Crippen LogP contribution is -2.17. The molecule has 0 aliphatic rings. The number of nitrogen functional groups attached to an aromatic ring is 1. The molecule has 3 nitrogen and oxygen atoms in total. The molecule has 20 heavy (non-hydrogen) atoms. The zero-order valence-electron chi connectivity index (χ0n) is 12.4. The Morgan fingerprint density at radius 3 is 2.40 bits per heavy atom. The molecule has 2 N–H and O–H groups in total. The van der Waals surface area contributed by atoms with Gasteiger partial charge in [0.05, 0.1) is 7.11 Å². The van der Waals surface area contributed by atoms with Crippen LogP contribution in [0.5, 0.6) is 5.75 Å². The number of nitrogens with two attached hydrogens (primary N) is 1. The van der Waals surface area contributed by atoms with Gasteiger partial charge in [-0.1, -0.05) is 29.8 Å². The zero-order valence-corrected chi connectivity index (χ0v) is 12.4. The Labute approximate surface area is 121 Å². The van der Waals surface area contributed by atoms with Gasteiger partial charge >= 0.3 is 0 Å². The first kappa shape index (κ1) is 14.4. The highest BCUT2D eigenvalue weighted by molar-refractivity contribution is 5.39. The number of nitrogens with zero attached hydrogens (tertiary/aromatic N) is 1. The van der Waals surface area contributed by atoms with Gasteiger partial charge in [-0.05, 0) is 37.7 Å². The highest BCUT2D eigenvalue weighted by atomic mass is 16.5. The number of anilines is 1. The topological polar surface area (TPSA) is 38.5 Å². The van der Waals surface area contributed by atoms with Crippen molar-refractivity contribution in [1.82, 2.24) is 4.90 Å². The maximum absolute atomic E-state index is 5.71. The van der Waals surface area contributed by atoms with Crippen LogP contribution in [0.25, 0.3) is 0 Å². The molecule has 0 fully saturated rings. The lowest BCUT2D eigenvalue weighted by molar-refractivity contribution is 0.310. The quantitative estimate of drug-likeness (QED) is 0.848. The molecule has 2 aromatic rings. The van der Waals surface area contributed by atoms with Crippen LogP contribution >= 0.6 is 0 Å². The van der Waals surface area contributed by atoms with Crippen molar-refractivity contribution in [2.75, 3.05) is 19.9 Å². The second kappa shape index (κ2) is 6.44. The summed E-state index contributed by atoms with van der Waals surface area (Å²) in [4.78, 5) is 2.27. The average Bonchev–Trinajstić information content (AvgIpc) is 2.41. The Hall–Kier alpha value is -2.00. The van der Waals surface area contributed by atoms with Crippen LogP contribution in [0, 0.1) is 6.92 Å². The smallest absolute Gasteiger partial charge is 0.123 e. The summed E-state index contributed by atoms with van der Waals surface area (Å²) in [6, 6.07) is 14.3. The van der Waals surface area contributed by atoms with Crippen molar-refractivity contribution in [2.24, 2.45) is 0 Å². The number of rotatable bonds is 5. The van der Waals surface area contributed by atoms with Crippen molar-refractivity contribution >= 4 is 5.69 Å². The minimum absolute atomic E-state index is 0.803. The van der Waals surface area contributed by atoms with Crippen molar-refractivity contribution in [3.05, 3.63) is 59.2 Å². The largest absolute Gasteiger partial charge is 0.496 e. The van der Waals surface area contributed by atoms with Crippen LogP contribution in [-0.2, 0) is 13.1 Å². The van der Waals surface area contributed by atoms with E-state index >= 15 is 0 Å². The minimum atomic E-state index is 0.803. The van der Waals surface area contributed by atoms with E-state index in [1.54, 1.807) is 7.11 Å². The van der Waals surface area contributed by atoms with Gasteiger partial charge in [0.25, 0.3) is 0 Å². The van der Waals surface area contributed by atoms with Gasteiger partial charge in [-0.25, -0.2) is 0 Å². The van der Waals surface area contributed by atoms with Gasteiger partial charge in [-0.2, -0.15) is 0 Å². The van der Waals surface area contributed by atoms with E-state index in [-0.39, 0.29) is 0 Å². The van der Waals surface area contributed by atoms with E-state index in [1.165, 1.54) is 16.7 Å². The molecule has 2 aromatic carbocycles. The number of benzene rings is 2. The van der Waals surface area contributed by atoms with E-state index in [0.717, 1.165) is 24.5 Å². The highest BCUT2D eigenvalue weighted by Gasteiger charge is 2.07. The third-order valence-corrected chi connectivity index (χ3v) is 3.31. The van der Waals surface area contributed by atoms with Crippen molar-refractivity contribution < 1.29 is 4.74 Å². The van der Waals surface area contributed by atoms with Crippen molar-refractivity contribution in [2.45, 2.75) is 20.0 Å². The van der Waals surface area contributed by atoms with Gasteiger partial charge in [0.1, 0.15) is 5.75 Å². The molecule has 0 radical (unpaired) electrons. The molecular weight excluding hydrogens is 248 g/mol. The van der Waals surface area contributed by atoms with Crippen molar-refractivity contribution in [3.8, 4) is 5.75 Å². The van der Waals surface area contributed by atoms with Crippen LogP contribution in [0.2, 0.25) is 0 Å². The van der Waals surface area contributed by atoms with Crippen LogP contribution in [0.15, 0.2) is 42.5 Å². The number of hydrogen-bond acceptors (Lipinski definition) is 3. The van der Waals surface area contributed by atoms with E-state index in [4.69, 9.17) is 10.5 Å². The summed E-state index contributed by atoms with van der Waals surface area (Å²) >= 11 is 0. The SMILES string of the molecule is COc1ccc(C)cc1CN(C)Cc1ccc(N)cc1. The molecule has 0 spiro atoms. The average molecular weight is 270 g/mol. The van der Waals surface area contributed by atoms with Crippen LogP contribution in [-0.4, -0.2) is 19.1 Å². The Balaban J connectivity index is 2.05. The molecule has 2 rings (SSSR count). The fraction of sp³-hybridized carbons (Fsp3) is 0.294. The number of methoxy groups -OCH3 is 1. The third-order valence-electron chi connectivity index (χ3n) is 3.31. The molecule has 3 heteroatoms. The zero-order chi connectivity index (χ0) is 14.5. The predicted molar refractivity (Wildman–Crippen MR) is 83.8 cm³/mol. The molecule has 0 bridgehead atoms. The molecule has 0 saturated heterocycles. The normalized spacial score (nSPS) is 10.8. The predicted octanol–water partition coefficient (Wildman–Crippen LogP) is 3.22. The summed E-state index contributed by atoms with van der Waals surface area (Å²) in [5.41, 5.74) is 10.2. The molecular formula is C17H22N2O. The Morgan fingerprint density at radius 1 is 1.05 bits per heavy atom. The van der Waals surface area contributed by atoms with Gasteiger partial charge < -0.3 is 10.5 Å². The van der Waals surface area contributed by atoms with Crippen molar-refractivity contribution in [1.29, 1.82) is 0 Å². The van der Waals surface area contributed by atoms with Crippen LogP contribution in [0.1, 0.15) is 16.7 Å². The summed E-state index contributed by atoms with van der Waals surface area (Å²) in [6.07, 6.45) is 0. The Morgan fingerprint density at radius 2 is 1.75 bits per heavy atom. The second-order valence-electron chi connectivity index (χ2n) is 5.23. The van der Waals surface area contributed by atoms with Gasteiger partial charge in [0, 0.05) is 24.3 Å². The first-order valence-corrected chi connectivity index (χ1v) is 6.75. The fourth-order valence-electron chi connectivity index (χ4n) is 2.31.